The van der Waals surface area contributed by atoms with E-state index < -0.39 is 0 Å². The molecule has 0 N–H and O–H groups in total. The molecule has 1 aliphatic rings. The normalized spacial score (nSPS) is 14.6. The van der Waals surface area contributed by atoms with Crippen LogP contribution in [-0.4, -0.2) is 14.9 Å². The third kappa shape index (κ3) is 2.26. The molecule has 0 spiro atoms. The van der Waals surface area contributed by atoms with E-state index in [2.05, 4.69) is 0 Å². The molecule has 1 aromatic heterocycles. The Balaban J connectivity index is 1.84. The standard InChI is InChI=1S/C15H16N2O2/c1-11-4-2-3-5-13(11)14(18)10-16-8-9-17(15(16)19)12-6-7-12/h2-5,8-9,12H,6-7,10H2,1H3. The third-order valence-corrected chi connectivity index (χ3v) is 3.57. The second-order valence-electron chi connectivity index (χ2n) is 5.09. The van der Waals surface area contributed by atoms with E-state index >= 15 is 0 Å². The van der Waals surface area contributed by atoms with Crippen LogP contribution in [0.1, 0.15) is 34.8 Å². The van der Waals surface area contributed by atoms with Crippen molar-refractivity contribution < 1.29 is 4.79 Å². The van der Waals surface area contributed by atoms with Crippen molar-refractivity contribution >= 4 is 5.78 Å². The number of Topliss-reactive ketones (excluding diaryl/α,β-unsaturated/α-hetero) is 1. The van der Waals surface area contributed by atoms with Crippen molar-refractivity contribution in [3.05, 3.63) is 58.3 Å². The van der Waals surface area contributed by atoms with Crippen molar-refractivity contribution in [1.82, 2.24) is 9.13 Å². The number of carbonyl (C=O) groups excluding carboxylic acids is 1. The summed E-state index contributed by atoms with van der Waals surface area (Å²) >= 11 is 0. The fraction of sp³-hybridized carbons (Fsp3) is 0.333. The Kier molecular flexibility index (Phi) is 2.85. The van der Waals surface area contributed by atoms with Gasteiger partial charge in [0.1, 0.15) is 0 Å². The first-order chi connectivity index (χ1) is 9.16. The van der Waals surface area contributed by atoms with Crippen molar-refractivity contribution in [2.75, 3.05) is 0 Å². The van der Waals surface area contributed by atoms with Gasteiger partial charge in [0.2, 0.25) is 0 Å². The summed E-state index contributed by atoms with van der Waals surface area (Å²) in [5, 5.41) is 0. The van der Waals surface area contributed by atoms with E-state index in [4.69, 9.17) is 0 Å². The minimum absolute atomic E-state index is 0.0197. The highest BCUT2D eigenvalue weighted by molar-refractivity contribution is 5.97. The van der Waals surface area contributed by atoms with Gasteiger partial charge in [0, 0.05) is 24.0 Å². The molecule has 0 amide bonds. The number of rotatable bonds is 4. The molecule has 1 aliphatic carbocycles. The van der Waals surface area contributed by atoms with Gasteiger partial charge in [-0.3, -0.25) is 13.9 Å². The zero-order valence-electron chi connectivity index (χ0n) is 10.9. The molecule has 19 heavy (non-hydrogen) atoms. The highest BCUT2D eigenvalue weighted by Crippen LogP contribution is 2.33. The first kappa shape index (κ1) is 12.0. The Morgan fingerprint density at radius 1 is 1.26 bits per heavy atom. The van der Waals surface area contributed by atoms with E-state index in [1.807, 2.05) is 25.1 Å². The van der Waals surface area contributed by atoms with E-state index in [0.29, 0.717) is 11.6 Å². The molecule has 0 bridgehead atoms. The highest BCUT2D eigenvalue weighted by Gasteiger charge is 2.25. The second kappa shape index (κ2) is 4.53. The van der Waals surface area contributed by atoms with Crippen LogP contribution in [0.5, 0.6) is 0 Å². The van der Waals surface area contributed by atoms with Crippen molar-refractivity contribution in [1.29, 1.82) is 0 Å². The molecule has 0 radical (unpaired) electrons. The number of nitrogens with zero attached hydrogens (tertiary/aromatic N) is 2. The number of carbonyl (C=O) groups is 1. The fourth-order valence-corrected chi connectivity index (χ4v) is 2.30. The number of hydrogen-bond acceptors (Lipinski definition) is 2. The number of imidazole rings is 1. The molecule has 0 unspecified atom stereocenters. The summed E-state index contributed by atoms with van der Waals surface area (Å²) < 4.78 is 3.22. The van der Waals surface area contributed by atoms with Gasteiger partial charge in [0.25, 0.3) is 0 Å². The number of benzene rings is 1. The van der Waals surface area contributed by atoms with E-state index in [1.165, 1.54) is 4.57 Å². The quantitative estimate of drug-likeness (QED) is 0.787. The first-order valence-electron chi connectivity index (χ1n) is 6.53. The minimum atomic E-state index is -0.0792. The first-order valence-corrected chi connectivity index (χ1v) is 6.53. The van der Waals surface area contributed by atoms with Gasteiger partial charge in [-0.1, -0.05) is 24.3 Å². The largest absolute Gasteiger partial charge is 0.328 e. The summed E-state index contributed by atoms with van der Waals surface area (Å²) in [7, 11) is 0. The molecule has 2 aromatic rings. The van der Waals surface area contributed by atoms with E-state index in [9.17, 15) is 9.59 Å². The summed E-state index contributed by atoms with van der Waals surface area (Å²) in [6, 6.07) is 7.81. The molecule has 1 aromatic carbocycles. The zero-order chi connectivity index (χ0) is 13.4. The summed E-state index contributed by atoms with van der Waals surface area (Å²) in [6.07, 6.45) is 5.62. The molecule has 3 rings (SSSR count). The number of aryl methyl sites for hydroxylation is 1. The molecule has 1 saturated carbocycles. The fourth-order valence-electron chi connectivity index (χ4n) is 2.30. The summed E-state index contributed by atoms with van der Waals surface area (Å²) in [5.74, 6) is -0.0197. The van der Waals surface area contributed by atoms with Crippen LogP contribution in [0.4, 0.5) is 0 Å². The Morgan fingerprint density at radius 3 is 2.68 bits per heavy atom. The number of aromatic nitrogens is 2. The molecular formula is C15H16N2O2. The van der Waals surface area contributed by atoms with Gasteiger partial charge >= 0.3 is 5.69 Å². The summed E-state index contributed by atoms with van der Waals surface area (Å²) in [6.45, 7) is 2.02. The van der Waals surface area contributed by atoms with Gasteiger partial charge < -0.3 is 0 Å². The van der Waals surface area contributed by atoms with Crippen molar-refractivity contribution in [3.63, 3.8) is 0 Å². The average Bonchev–Trinajstić information content (AvgIpc) is 3.17. The topological polar surface area (TPSA) is 44.0 Å². The average molecular weight is 256 g/mol. The van der Waals surface area contributed by atoms with Gasteiger partial charge in [-0.15, -0.1) is 0 Å². The van der Waals surface area contributed by atoms with E-state index in [-0.39, 0.29) is 18.0 Å². The maximum atomic E-state index is 12.2. The predicted molar refractivity (Wildman–Crippen MR) is 72.5 cm³/mol. The lowest BCUT2D eigenvalue weighted by Crippen LogP contribution is -2.26. The second-order valence-corrected chi connectivity index (χ2v) is 5.09. The lowest BCUT2D eigenvalue weighted by atomic mass is 10.1. The van der Waals surface area contributed by atoms with Crippen molar-refractivity contribution in [2.45, 2.75) is 32.4 Å². The van der Waals surface area contributed by atoms with Crippen molar-refractivity contribution in [3.8, 4) is 0 Å². The molecule has 4 nitrogen and oxygen atoms in total. The molecule has 1 fully saturated rings. The van der Waals surface area contributed by atoms with Crippen LogP contribution in [0.25, 0.3) is 0 Å². The SMILES string of the molecule is Cc1ccccc1C(=O)Cn1ccn(C2CC2)c1=O. The van der Waals surface area contributed by atoms with E-state index in [0.717, 1.165) is 18.4 Å². The lowest BCUT2D eigenvalue weighted by Gasteiger charge is -2.04. The summed E-state index contributed by atoms with van der Waals surface area (Å²) in [5.41, 5.74) is 1.56. The zero-order valence-corrected chi connectivity index (χ0v) is 10.9. The lowest BCUT2D eigenvalue weighted by molar-refractivity contribution is 0.0970. The Bertz CT molecular complexity index is 677. The van der Waals surface area contributed by atoms with Gasteiger partial charge in [-0.2, -0.15) is 0 Å². The number of hydrogen-bond donors (Lipinski definition) is 0. The maximum Gasteiger partial charge on any atom is 0.328 e. The maximum absolute atomic E-state index is 12.2. The Hall–Kier alpha value is -2.10. The Labute approximate surface area is 111 Å². The Morgan fingerprint density at radius 2 is 2.00 bits per heavy atom. The third-order valence-electron chi connectivity index (χ3n) is 3.57. The van der Waals surface area contributed by atoms with Gasteiger partial charge in [-0.25, -0.2) is 4.79 Å². The predicted octanol–water partition coefficient (Wildman–Crippen LogP) is 2.18. The minimum Gasteiger partial charge on any atom is -0.296 e. The van der Waals surface area contributed by atoms with Crippen LogP contribution in [0.2, 0.25) is 0 Å². The molecule has 1 heterocycles. The highest BCUT2D eigenvalue weighted by atomic mass is 16.2. The van der Waals surface area contributed by atoms with Gasteiger partial charge in [0.05, 0.1) is 6.54 Å². The van der Waals surface area contributed by atoms with Crippen LogP contribution < -0.4 is 5.69 Å². The molecular weight excluding hydrogens is 240 g/mol. The van der Waals surface area contributed by atoms with Crippen LogP contribution >= 0.6 is 0 Å². The van der Waals surface area contributed by atoms with Crippen molar-refractivity contribution in [2.24, 2.45) is 0 Å². The smallest absolute Gasteiger partial charge is 0.296 e. The van der Waals surface area contributed by atoms with Crippen LogP contribution in [0.3, 0.4) is 0 Å². The number of ketones is 1. The summed E-state index contributed by atoms with van der Waals surface area (Å²) in [4.78, 5) is 24.3. The van der Waals surface area contributed by atoms with Gasteiger partial charge in [-0.05, 0) is 25.3 Å². The molecule has 4 heteroatoms. The van der Waals surface area contributed by atoms with Crippen LogP contribution in [-0.2, 0) is 6.54 Å². The monoisotopic (exact) mass is 256 g/mol. The molecule has 0 atom stereocenters. The van der Waals surface area contributed by atoms with Crippen LogP contribution in [0.15, 0.2) is 41.5 Å². The van der Waals surface area contributed by atoms with Gasteiger partial charge in [0.15, 0.2) is 5.78 Å². The van der Waals surface area contributed by atoms with E-state index in [1.54, 1.807) is 23.0 Å². The molecule has 0 saturated heterocycles. The molecule has 98 valence electrons. The molecule has 0 aliphatic heterocycles. The van der Waals surface area contributed by atoms with Crippen LogP contribution in [0, 0.1) is 6.92 Å².